The number of rotatable bonds is 9. The second-order valence-corrected chi connectivity index (χ2v) is 6.83. The van der Waals surface area contributed by atoms with Gasteiger partial charge in [-0.2, -0.15) is 5.10 Å². The van der Waals surface area contributed by atoms with Crippen LogP contribution in [0.3, 0.4) is 0 Å². The number of nitrogens with zero attached hydrogens (tertiary/aromatic N) is 4. The van der Waals surface area contributed by atoms with Gasteiger partial charge in [0.2, 0.25) is 0 Å². The van der Waals surface area contributed by atoms with E-state index in [9.17, 15) is 0 Å². The van der Waals surface area contributed by atoms with Gasteiger partial charge in [-0.3, -0.25) is 4.90 Å². The lowest BCUT2D eigenvalue weighted by atomic mass is 9.93. The summed E-state index contributed by atoms with van der Waals surface area (Å²) >= 11 is 0. The third kappa shape index (κ3) is 5.59. The lowest BCUT2D eigenvalue weighted by Crippen LogP contribution is -2.39. The molecule has 0 atom stereocenters. The van der Waals surface area contributed by atoms with Gasteiger partial charge >= 0.3 is 0 Å². The van der Waals surface area contributed by atoms with Crippen LogP contribution in [-0.4, -0.2) is 39.3 Å². The van der Waals surface area contributed by atoms with E-state index in [1.54, 1.807) is 6.33 Å². The zero-order valence-electron chi connectivity index (χ0n) is 13.8. The van der Waals surface area contributed by atoms with Gasteiger partial charge in [-0.25, -0.2) is 9.67 Å². The average Bonchev–Trinajstić information content (AvgIpc) is 2.75. The molecule has 116 valence electrons. The number of aromatic nitrogens is 3. The second-order valence-electron chi connectivity index (χ2n) is 6.83. The standard InChI is InChI=1S/C15H31N5/c1-6-7-19(11-15(4,5)10-16)9-14-17-12-18-20(14)8-13(2)3/h12-13H,6-11,16H2,1-5H3. The Morgan fingerprint density at radius 1 is 1.40 bits per heavy atom. The Labute approximate surface area is 123 Å². The van der Waals surface area contributed by atoms with Crippen LogP contribution in [0.15, 0.2) is 6.33 Å². The van der Waals surface area contributed by atoms with Crippen molar-refractivity contribution in [3.8, 4) is 0 Å². The Morgan fingerprint density at radius 3 is 2.65 bits per heavy atom. The SMILES string of the molecule is CCCN(Cc1ncnn1CC(C)C)CC(C)(C)CN. The maximum Gasteiger partial charge on any atom is 0.141 e. The third-order valence-electron chi connectivity index (χ3n) is 3.34. The zero-order chi connectivity index (χ0) is 15.2. The Hall–Kier alpha value is -0.940. The van der Waals surface area contributed by atoms with E-state index in [4.69, 9.17) is 5.73 Å². The van der Waals surface area contributed by atoms with Crippen LogP contribution in [-0.2, 0) is 13.1 Å². The van der Waals surface area contributed by atoms with Crippen LogP contribution < -0.4 is 5.73 Å². The predicted octanol–water partition coefficient (Wildman–Crippen LogP) is 2.13. The fraction of sp³-hybridized carbons (Fsp3) is 0.867. The summed E-state index contributed by atoms with van der Waals surface area (Å²) in [6.45, 7) is 15.6. The lowest BCUT2D eigenvalue weighted by molar-refractivity contribution is 0.169. The first-order valence-electron chi connectivity index (χ1n) is 7.67. The van der Waals surface area contributed by atoms with Crippen LogP contribution >= 0.6 is 0 Å². The Morgan fingerprint density at radius 2 is 2.10 bits per heavy atom. The van der Waals surface area contributed by atoms with Crippen molar-refractivity contribution in [3.63, 3.8) is 0 Å². The molecule has 1 rings (SSSR count). The van der Waals surface area contributed by atoms with E-state index in [2.05, 4.69) is 49.6 Å². The van der Waals surface area contributed by atoms with E-state index in [0.717, 1.165) is 38.4 Å². The van der Waals surface area contributed by atoms with Crippen molar-refractivity contribution < 1.29 is 0 Å². The van der Waals surface area contributed by atoms with Gasteiger partial charge < -0.3 is 5.73 Å². The van der Waals surface area contributed by atoms with E-state index < -0.39 is 0 Å². The van der Waals surface area contributed by atoms with E-state index in [0.29, 0.717) is 12.5 Å². The normalized spacial score (nSPS) is 12.6. The minimum Gasteiger partial charge on any atom is -0.330 e. The Kier molecular flexibility index (Phi) is 6.62. The van der Waals surface area contributed by atoms with Crippen molar-refractivity contribution in [1.82, 2.24) is 19.7 Å². The molecule has 5 heteroatoms. The monoisotopic (exact) mass is 281 g/mol. The molecular formula is C15H31N5. The molecule has 0 amide bonds. The molecule has 0 fully saturated rings. The van der Waals surface area contributed by atoms with E-state index in [1.165, 1.54) is 0 Å². The van der Waals surface area contributed by atoms with Gasteiger partial charge in [-0.15, -0.1) is 0 Å². The summed E-state index contributed by atoms with van der Waals surface area (Å²) in [5.74, 6) is 1.63. The summed E-state index contributed by atoms with van der Waals surface area (Å²) < 4.78 is 2.03. The molecule has 0 aliphatic carbocycles. The molecule has 1 heterocycles. The first kappa shape index (κ1) is 17.1. The smallest absolute Gasteiger partial charge is 0.141 e. The van der Waals surface area contributed by atoms with Crippen molar-refractivity contribution in [2.75, 3.05) is 19.6 Å². The van der Waals surface area contributed by atoms with Crippen molar-refractivity contribution >= 4 is 0 Å². The van der Waals surface area contributed by atoms with Gasteiger partial charge in [-0.05, 0) is 30.8 Å². The summed E-state index contributed by atoms with van der Waals surface area (Å²) in [6, 6.07) is 0. The molecule has 0 saturated carbocycles. The van der Waals surface area contributed by atoms with E-state index >= 15 is 0 Å². The van der Waals surface area contributed by atoms with Crippen molar-refractivity contribution in [3.05, 3.63) is 12.2 Å². The fourth-order valence-corrected chi connectivity index (χ4v) is 2.31. The average molecular weight is 281 g/mol. The van der Waals surface area contributed by atoms with Gasteiger partial charge in [0, 0.05) is 13.1 Å². The molecule has 0 spiro atoms. The molecule has 5 nitrogen and oxygen atoms in total. The molecule has 0 aromatic carbocycles. The summed E-state index contributed by atoms with van der Waals surface area (Å²) in [6.07, 6.45) is 2.80. The number of hydrogen-bond acceptors (Lipinski definition) is 4. The van der Waals surface area contributed by atoms with Gasteiger partial charge in [0.25, 0.3) is 0 Å². The largest absolute Gasteiger partial charge is 0.330 e. The molecule has 0 unspecified atom stereocenters. The van der Waals surface area contributed by atoms with E-state index in [-0.39, 0.29) is 5.41 Å². The molecule has 1 aromatic rings. The van der Waals surface area contributed by atoms with E-state index in [1.807, 2.05) is 4.68 Å². The molecule has 0 bridgehead atoms. The quantitative estimate of drug-likeness (QED) is 0.753. The highest BCUT2D eigenvalue weighted by atomic mass is 15.3. The summed E-state index contributed by atoms with van der Waals surface area (Å²) in [5, 5.41) is 4.34. The maximum absolute atomic E-state index is 5.86. The Balaban J connectivity index is 2.72. The second kappa shape index (κ2) is 7.74. The molecule has 20 heavy (non-hydrogen) atoms. The van der Waals surface area contributed by atoms with Crippen LogP contribution in [0.25, 0.3) is 0 Å². The minimum atomic E-state index is 0.137. The highest BCUT2D eigenvalue weighted by Gasteiger charge is 2.21. The van der Waals surface area contributed by atoms with Crippen LogP contribution in [0.5, 0.6) is 0 Å². The predicted molar refractivity (Wildman–Crippen MR) is 83.3 cm³/mol. The van der Waals surface area contributed by atoms with Crippen molar-refractivity contribution in [2.45, 2.75) is 54.1 Å². The lowest BCUT2D eigenvalue weighted by Gasteiger charge is -2.31. The van der Waals surface area contributed by atoms with Gasteiger partial charge in [-0.1, -0.05) is 34.6 Å². The zero-order valence-corrected chi connectivity index (χ0v) is 13.8. The molecule has 0 aliphatic rings. The molecule has 0 radical (unpaired) electrons. The van der Waals surface area contributed by atoms with Gasteiger partial charge in [0.1, 0.15) is 12.2 Å². The van der Waals surface area contributed by atoms with Crippen LogP contribution in [0.2, 0.25) is 0 Å². The Bertz CT molecular complexity index is 383. The van der Waals surface area contributed by atoms with Crippen LogP contribution in [0.1, 0.15) is 46.9 Å². The third-order valence-corrected chi connectivity index (χ3v) is 3.34. The molecule has 0 aliphatic heterocycles. The minimum absolute atomic E-state index is 0.137. The summed E-state index contributed by atoms with van der Waals surface area (Å²) in [7, 11) is 0. The van der Waals surface area contributed by atoms with Crippen molar-refractivity contribution in [2.24, 2.45) is 17.1 Å². The first-order valence-corrected chi connectivity index (χ1v) is 7.67. The topological polar surface area (TPSA) is 60.0 Å². The van der Waals surface area contributed by atoms with Crippen molar-refractivity contribution in [1.29, 1.82) is 0 Å². The number of hydrogen-bond donors (Lipinski definition) is 1. The van der Waals surface area contributed by atoms with Gasteiger partial charge in [0.15, 0.2) is 0 Å². The molecule has 2 N–H and O–H groups in total. The van der Waals surface area contributed by atoms with Crippen LogP contribution in [0.4, 0.5) is 0 Å². The fourth-order valence-electron chi connectivity index (χ4n) is 2.31. The molecule has 0 saturated heterocycles. The van der Waals surface area contributed by atoms with Crippen LogP contribution in [0, 0.1) is 11.3 Å². The molecular weight excluding hydrogens is 250 g/mol. The summed E-state index contributed by atoms with van der Waals surface area (Å²) in [4.78, 5) is 6.86. The first-order chi connectivity index (χ1) is 9.38. The highest BCUT2D eigenvalue weighted by molar-refractivity contribution is 4.87. The highest BCUT2D eigenvalue weighted by Crippen LogP contribution is 2.17. The maximum atomic E-state index is 5.86. The molecule has 1 aromatic heterocycles. The summed E-state index contributed by atoms with van der Waals surface area (Å²) in [5.41, 5.74) is 6.00. The number of nitrogens with two attached hydrogens (primary N) is 1. The van der Waals surface area contributed by atoms with Gasteiger partial charge in [0.05, 0.1) is 6.54 Å².